The Bertz CT molecular complexity index is 736. The van der Waals surface area contributed by atoms with Crippen LogP contribution in [0.3, 0.4) is 0 Å². The first-order chi connectivity index (χ1) is 12.1. The van der Waals surface area contributed by atoms with Gasteiger partial charge in [0.15, 0.2) is 0 Å². The van der Waals surface area contributed by atoms with Gasteiger partial charge in [-0.1, -0.05) is 12.1 Å². The number of anilines is 1. The molecule has 2 heterocycles. The molecule has 1 N–H and O–H groups in total. The summed E-state index contributed by atoms with van der Waals surface area (Å²) in [7, 11) is 0. The lowest BCUT2D eigenvalue weighted by Gasteiger charge is -2.17. The van der Waals surface area contributed by atoms with Crippen LogP contribution < -0.4 is 10.2 Å². The lowest BCUT2D eigenvalue weighted by atomic mass is 10.1. The quantitative estimate of drug-likeness (QED) is 0.752. The number of rotatable bonds is 7. The van der Waals surface area contributed by atoms with E-state index >= 15 is 0 Å². The van der Waals surface area contributed by atoms with E-state index in [9.17, 15) is 14.0 Å². The van der Waals surface area contributed by atoms with Crippen molar-refractivity contribution in [2.24, 2.45) is 5.92 Å². The average molecular weight is 378 g/mol. The molecular weight excluding hydrogens is 359 g/mol. The first-order valence-electron chi connectivity index (χ1n) is 8.06. The zero-order valence-electron chi connectivity index (χ0n) is 13.6. The van der Waals surface area contributed by atoms with Gasteiger partial charge >= 0.3 is 0 Å². The molecule has 25 heavy (non-hydrogen) atoms. The third kappa shape index (κ3) is 4.61. The molecule has 0 bridgehead atoms. The van der Waals surface area contributed by atoms with Crippen LogP contribution in [-0.4, -0.2) is 30.7 Å². The number of thioether (sulfide) groups is 1. The highest BCUT2D eigenvalue weighted by Crippen LogP contribution is 2.27. The Morgan fingerprint density at radius 2 is 2.20 bits per heavy atom. The number of hydrogen-bond acceptors (Lipinski definition) is 4. The molecule has 4 nitrogen and oxygen atoms in total. The van der Waals surface area contributed by atoms with Gasteiger partial charge in [-0.3, -0.25) is 9.59 Å². The first kappa shape index (κ1) is 17.9. The van der Waals surface area contributed by atoms with Gasteiger partial charge in [0.2, 0.25) is 11.8 Å². The van der Waals surface area contributed by atoms with Crippen molar-refractivity contribution in [1.82, 2.24) is 5.32 Å². The molecule has 1 atom stereocenters. The maximum absolute atomic E-state index is 13.9. The van der Waals surface area contributed by atoms with Gasteiger partial charge in [0.1, 0.15) is 5.82 Å². The van der Waals surface area contributed by atoms with E-state index in [1.165, 1.54) is 16.5 Å². The lowest BCUT2D eigenvalue weighted by Crippen LogP contribution is -2.34. The summed E-state index contributed by atoms with van der Waals surface area (Å²) in [4.78, 5) is 25.7. The number of carbonyl (C=O) groups is 2. The lowest BCUT2D eigenvalue weighted by molar-refractivity contribution is -0.126. The molecule has 1 saturated heterocycles. The molecule has 1 aliphatic heterocycles. The molecule has 2 amide bonds. The van der Waals surface area contributed by atoms with Crippen molar-refractivity contribution < 1.29 is 14.0 Å². The van der Waals surface area contributed by atoms with Crippen molar-refractivity contribution in [2.75, 3.05) is 23.7 Å². The Labute approximate surface area is 154 Å². The number of halogens is 1. The van der Waals surface area contributed by atoms with Crippen molar-refractivity contribution in [1.29, 1.82) is 0 Å². The predicted octanol–water partition coefficient (Wildman–Crippen LogP) is 3.29. The summed E-state index contributed by atoms with van der Waals surface area (Å²) in [5, 5.41) is 7.05. The normalized spacial score (nSPS) is 17.1. The van der Waals surface area contributed by atoms with E-state index in [1.807, 2.05) is 0 Å². The second-order valence-corrected chi connectivity index (χ2v) is 7.72. The van der Waals surface area contributed by atoms with Crippen LogP contribution in [0, 0.1) is 11.7 Å². The SMILES string of the molecule is O=C(NCCSCc1ccsc1)C1CC(=O)N(c2ccccc2F)C1. The maximum atomic E-state index is 13.9. The summed E-state index contributed by atoms with van der Waals surface area (Å²) in [6.07, 6.45) is 0.127. The first-order valence-corrected chi connectivity index (χ1v) is 10.2. The van der Waals surface area contributed by atoms with Gasteiger partial charge in [0.05, 0.1) is 11.6 Å². The summed E-state index contributed by atoms with van der Waals surface area (Å²) in [6, 6.07) is 8.24. The maximum Gasteiger partial charge on any atom is 0.227 e. The van der Waals surface area contributed by atoms with E-state index in [2.05, 4.69) is 22.1 Å². The second-order valence-electron chi connectivity index (χ2n) is 5.83. The molecule has 1 fully saturated rings. The van der Waals surface area contributed by atoms with Crippen molar-refractivity contribution in [2.45, 2.75) is 12.2 Å². The van der Waals surface area contributed by atoms with Gasteiger partial charge in [-0.25, -0.2) is 4.39 Å². The minimum Gasteiger partial charge on any atom is -0.355 e. The highest BCUT2D eigenvalue weighted by molar-refractivity contribution is 7.98. The topological polar surface area (TPSA) is 49.4 Å². The van der Waals surface area contributed by atoms with Gasteiger partial charge in [-0.15, -0.1) is 0 Å². The average Bonchev–Trinajstić information content (AvgIpc) is 3.25. The Morgan fingerprint density at radius 3 is 2.96 bits per heavy atom. The zero-order chi connectivity index (χ0) is 17.6. The minimum atomic E-state index is -0.443. The Hall–Kier alpha value is -1.86. The van der Waals surface area contributed by atoms with Gasteiger partial charge in [0, 0.05) is 31.0 Å². The van der Waals surface area contributed by atoms with Crippen LogP contribution in [0.25, 0.3) is 0 Å². The highest BCUT2D eigenvalue weighted by Gasteiger charge is 2.35. The van der Waals surface area contributed by atoms with E-state index in [-0.39, 0.29) is 30.5 Å². The third-order valence-corrected chi connectivity index (χ3v) is 5.80. The van der Waals surface area contributed by atoms with E-state index in [0.29, 0.717) is 6.54 Å². The Kier molecular flexibility index (Phi) is 6.09. The molecule has 132 valence electrons. The smallest absolute Gasteiger partial charge is 0.227 e. The van der Waals surface area contributed by atoms with E-state index in [0.717, 1.165) is 11.5 Å². The molecule has 1 unspecified atom stereocenters. The molecule has 3 rings (SSSR count). The van der Waals surface area contributed by atoms with Crippen molar-refractivity contribution in [3.8, 4) is 0 Å². The third-order valence-electron chi connectivity index (χ3n) is 4.03. The molecule has 1 aromatic carbocycles. The van der Waals surface area contributed by atoms with E-state index < -0.39 is 11.7 Å². The van der Waals surface area contributed by atoms with Gasteiger partial charge in [-0.05, 0) is 34.5 Å². The van der Waals surface area contributed by atoms with Crippen LogP contribution in [0.2, 0.25) is 0 Å². The fourth-order valence-electron chi connectivity index (χ4n) is 2.74. The largest absolute Gasteiger partial charge is 0.355 e. The Balaban J connectivity index is 1.44. The molecule has 0 aliphatic carbocycles. The van der Waals surface area contributed by atoms with Crippen molar-refractivity contribution >= 4 is 40.6 Å². The van der Waals surface area contributed by atoms with Gasteiger partial charge in [-0.2, -0.15) is 23.1 Å². The van der Waals surface area contributed by atoms with Crippen LogP contribution >= 0.6 is 23.1 Å². The highest BCUT2D eigenvalue weighted by atomic mass is 32.2. The summed E-state index contributed by atoms with van der Waals surface area (Å²) >= 11 is 3.44. The number of nitrogens with one attached hydrogen (secondary N) is 1. The standard InChI is InChI=1S/C18H19FN2O2S2/c19-15-3-1-2-4-16(15)21-10-14(9-17(21)22)18(23)20-6-8-25-12-13-5-7-24-11-13/h1-5,7,11,14H,6,8-10,12H2,(H,20,23). The van der Waals surface area contributed by atoms with E-state index in [1.54, 1.807) is 41.3 Å². The zero-order valence-corrected chi connectivity index (χ0v) is 15.2. The molecular formula is C18H19FN2O2S2. The van der Waals surface area contributed by atoms with E-state index in [4.69, 9.17) is 0 Å². The Morgan fingerprint density at radius 1 is 1.36 bits per heavy atom. The number of benzene rings is 1. The molecule has 1 aromatic heterocycles. The van der Waals surface area contributed by atoms with Crippen LogP contribution in [0.15, 0.2) is 41.1 Å². The summed E-state index contributed by atoms with van der Waals surface area (Å²) in [5.74, 6) is 0.540. The predicted molar refractivity (Wildman–Crippen MR) is 100 cm³/mol. The molecule has 1 aliphatic rings. The van der Waals surface area contributed by atoms with Crippen LogP contribution in [0.4, 0.5) is 10.1 Å². The monoisotopic (exact) mass is 378 g/mol. The van der Waals surface area contributed by atoms with Crippen LogP contribution in [0.5, 0.6) is 0 Å². The fourth-order valence-corrected chi connectivity index (χ4v) is 4.32. The molecule has 2 aromatic rings. The minimum absolute atomic E-state index is 0.127. The molecule has 0 spiro atoms. The molecule has 7 heteroatoms. The molecule has 0 saturated carbocycles. The molecule has 0 radical (unpaired) electrons. The number of para-hydroxylation sites is 1. The summed E-state index contributed by atoms with van der Waals surface area (Å²) < 4.78 is 13.9. The van der Waals surface area contributed by atoms with Gasteiger partial charge < -0.3 is 10.2 Å². The van der Waals surface area contributed by atoms with Gasteiger partial charge in [0.25, 0.3) is 0 Å². The fraction of sp³-hybridized carbons (Fsp3) is 0.333. The van der Waals surface area contributed by atoms with Crippen molar-refractivity contribution in [3.63, 3.8) is 0 Å². The van der Waals surface area contributed by atoms with Crippen molar-refractivity contribution in [3.05, 3.63) is 52.5 Å². The number of thiophene rings is 1. The number of hydrogen-bond donors (Lipinski definition) is 1. The number of amides is 2. The summed E-state index contributed by atoms with van der Waals surface area (Å²) in [6.45, 7) is 0.797. The van der Waals surface area contributed by atoms with Crippen LogP contribution in [0.1, 0.15) is 12.0 Å². The summed E-state index contributed by atoms with van der Waals surface area (Å²) in [5.41, 5.74) is 1.54. The number of carbonyl (C=O) groups excluding carboxylic acids is 2. The number of nitrogens with zero attached hydrogens (tertiary/aromatic N) is 1. The second kappa shape index (κ2) is 8.49. The van der Waals surface area contributed by atoms with Crippen LogP contribution in [-0.2, 0) is 15.3 Å².